The van der Waals surface area contributed by atoms with Crippen LogP contribution in [0.2, 0.25) is 0 Å². The summed E-state index contributed by atoms with van der Waals surface area (Å²) in [5.41, 5.74) is 5.57. The maximum Gasteiger partial charge on any atom is 0.248 e. The van der Waals surface area contributed by atoms with Gasteiger partial charge in [-0.2, -0.15) is 5.26 Å². The Morgan fingerprint density at radius 1 is 1.18 bits per heavy atom. The van der Waals surface area contributed by atoms with Gasteiger partial charge >= 0.3 is 0 Å². The summed E-state index contributed by atoms with van der Waals surface area (Å²) in [6.07, 6.45) is 6.84. The Labute approximate surface area is 220 Å². The Hall–Kier alpha value is -4.88. The van der Waals surface area contributed by atoms with E-state index in [4.69, 9.17) is 9.72 Å². The Balaban J connectivity index is 1.72. The van der Waals surface area contributed by atoms with Crippen molar-refractivity contribution < 1.29 is 9.53 Å². The minimum absolute atomic E-state index is 0.287. The first-order valence-corrected chi connectivity index (χ1v) is 12.1. The van der Waals surface area contributed by atoms with Crippen LogP contribution in [0.4, 0.5) is 23.0 Å². The van der Waals surface area contributed by atoms with Gasteiger partial charge < -0.3 is 30.2 Å². The normalized spacial score (nSPS) is 12.3. The first-order valence-electron chi connectivity index (χ1n) is 12.1. The van der Waals surface area contributed by atoms with Crippen LogP contribution in [0.1, 0.15) is 11.1 Å². The lowest BCUT2D eigenvalue weighted by atomic mass is 10.0. The molecule has 5 rings (SSSR count). The molecule has 192 valence electrons. The second-order valence-electron chi connectivity index (χ2n) is 9.03. The maximum atomic E-state index is 13.1. The topological polar surface area (TPSA) is 120 Å². The second-order valence-corrected chi connectivity index (χ2v) is 9.03. The molecule has 4 aromatic rings. The van der Waals surface area contributed by atoms with Gasteiger partial charge in [-0.25, -0.2) is 9.97 Å². The highest BCUT2D eigenvalue weighted by molar-refractivity contribution is 6.06. The molecule has 0 spiro atoms. The number of amides is 1. The summed E-state index contributed by atoms with van der Waals surface area (Å²) in [6, 6.07) is 11.6. The second kappa shape index (κ2) is 10.2. The summed E-state index contributed by atoms with van der Waals surface area (Å²) in [4.78, 5) is 24.3. The monoisotopic (exact) mass is 508 g/mol. The first kappa shape index (κ1) is 24.8. The van der Waals surface area contributed by atoms with E-state index in [-0.39, 0.29) is 5.91 Å². The minimum Gasteiger partial charge on any atom is -0.494 e. The van der Waals surface area contributed by atoms with Crippen molar-refractivity contribution in [2.24, 2.45) is 7.05 Å². The highest BCUT2D eigenvalue weighted by Gasteiger charge is 2.18. The van der Waals surface area contributed by atoms with Crippen LogP contribution in [0.3, 0.4) is 0 Å². The lowest BCUT2D eigenvalue weighted by Crippen LogP contribution is -2.28. The number of anilines is 4. The van der Waals surface area contributed by atoms with Crippen LogP contribution in [-0.4, -0.2) is 54.7 Å². The molecule has 1 amide bonds. The van der Waals surface area contributed by atoms with E-state index in [0.29, 0.717) is 34.3 Å². The molecule has 3 N–H and O–H groups in total. The van der Waals surface area contributed by atoms with Crippen molar-refractivity contribution in [3.8, 4) is 23.1 Å². The molecule has 0 aliphatic carbocycles. The fourth-order valence-electron chi connectivity index (χ4n) is 4.63. The smallest absolute Gasteiger partial charge is 0.248 e. The third-order valence-electron chi connectivity index (χ3n) is 6.52. The molecule has 2 aromatic carbocycles. The van der Waals surface area contributed by atoms with Gasteiger partial charge in [-0.3, -0.25) is 4.79 Å². The maximum absolute atomic E-state index is 13.1. The standard InChI is InChI=1S/C28H28N8O2/c1-30-9-10-35(2)24-14-25(38-4)23-13-22(24)32-26(37)6-5-17-16-36(3)27-19(15-29)11-18(12-20(17)27)21-7-8-31-28(33-21)34-23/h5-8,11-14,16,30H,9-10H2,1-4H3,(H,32,37)(H,31,33,34). The van der Waals surface area contributed by atoms with E-state index >= 15 is 0 Å². The van der Waals surface area contributed by atoms with Crippen LogP contribution < -0.4 is 25.6 Å². The van der Waals surface area contributed by atoms with Gasteiger partial charge in [0.2, 0.25) is 11.9 Å². The number of methoxy groups -OCH3 is 1. The number of hydrogen-bond acceptors (Lipinski definition) is 8. The van der Waals surface area contributed by atoms with E-state index in [0.717, 1.165) is 40.8 Å². The molecule has 1 aliphatic heterocycles. The fraction of sp³-hybridized carbons (Fsp3) is 0.214. The third kappa shape index (κ3) is 4.63. The predicted molar refractivity (Wildman–Crippen MR) is 150 cm³/mol. The summed E-state index contributed by atoms with van der Waals surface area (Å²) in [5.74, 6) is 0.642. The van der Waals surface area contributed by atoms with Gasteiger partial charge in [-0.1, -0.05) is 0 Å². The molecule has 6 bridgehead atoms. The van der Waals surface area contributed by atoms with E-state index in [1.165, 1.54) is 6.08 Å². The van der Waals surface area contributed by atoms with Crippen LogP contribution in [0.5, 0.6) is 5.75 Å². The average Bonchev–Trinajstić information content (AvgIpc) is 3.25. The first-order chi connectivity index (χ1) is 18.4. The van der Waals surface area contributed by atoms with Crippen molar-refractivity contribution in [3.05, 3.63) is 59.9 Å². The number of aromatic nitrogens is 3. The zero-order chi connectivity index (χ0) is 26.8. The Kier molecular flexibility index (Phi) is 6.68. The Morgan fingerprint density at radius 2 is 2.03 bits per heavy atom. The van der Waals surface area contributed by atoms with Gasteiger partial charge in [-0.15, -0.1) is 0 Å². The lowest BCUT2D eigenvalue weighted by Gasteiger charge is -2.24. The number of hydrogen-bond donors (Lipinski definition) is 3. The molecule has 0 radical (unpaired) electrons. The summed E-state index contributed by atoms with van der Waals surface area (Å²) >= 11 is 0. The molecule has 0 saturated heterocycles. The number of nitrogens with zero attached hydrogens (tertiary/aromatic N) is 5. The number of fused-ring (bicyclic) bond motifs is 6. The van der Waals surface area contributed by atoms with Crippen molar-refractivity contribution in [2.75, 3.05) is 49.8 Å². The van der Waals surface area contributed by atoms with Crippen LogP contribution in [-0.2, 0) is 11.8 Å². The van der Waals surface area contributed by atoms with Gasteiger partial charge in [0.25, 0.3) is 0 Å². The number of carbonyl (C=O) groups excluding carboxylic acids is 1. The molecule has 0 fully saturated rings. The fourth-order valence-corrected chi connectivity index (χ4v) is 4.63. The summed E-state index contributed by atoms with van der Waals surface area (Å²) < 4.78 is 7.58. The minimum atomic E-state index is -0.287. The average molecular weight is 509 g/mol. The number of nitriles is 1. The highest BCUT2D eigenvalue weighted by Crippen LogP contribution is 2.38. The number of likely N-dealkylation sites (N-methyl/N-ethyl adjacent to an activating group) is 2. The van der Waals surface area contributed by atoms with Crippen molar-refractivity contribution in [1.82, 2.24) is 19.9 Å². The zero-order valence-corrected chi connectivity index (χ0v) is 21.7. The van der Waals surface area contributed by atoms with E-state index in [1.807, 2.05) is 61.1 Å². The molecular formula is C28H28N8O2. The molecule has 0 atom stereocenters. The lowest BCUT2D eigenvalue weighted by molar-refractivity contribution is -0.111. The zero-order valence-electron chi connectivity index (χ0n) is 21.7. The number of nitrogens with one attached hydrogen (secondary N) is 3. The molecule has 38 heavy (non-hydrogen) atoms. The van der Waals surface area contributed by atoms with E-state index < -0.39 is 0 Å². The molecule has 0 unspecified atom stereocenters. The predicted octanol–water partition coefficient (Wildman–Crippen LogP) is 3.88. The summed E-state index contributed by atoms with van der Waals surface area (Å²) in [7, 11) is 7.33. The quantitative estimate of drug-likeness (QED) is 0.372. The number of aryl methyl sites for hydroxylation is 1. The van der Waals surface area contributed by atoms with Crippen molar-refractivity contribution >= 4 is 45.9 Å². The number of carbonyl (C=O) groups is 1. The largest absolute Gasteiger partial charge is 0.494 e. The SMILES string of the molecule is CNCCN(C)c1cc(OC)c2cc1NC(=O)C=Cc1cn(C)c3c(C#N)cc(cc13)-c1ccnc(n1)N2. The third-order valence-corrected chi connectivity index (χ3v) is 6.52. The highest BCUT2D eigenvalue weighted by atomic mass is 16.5. The van der Waals surface area contributed by atoms with Gasteiger partial charge in [0, 0.05) is 68.2 Å². The van der Waals surface area contributed by atoms with Crippen molar-refractivity contribution in [2.45, 2.75) is 0 Å². The van der Waals surface area contributed by atoms with Gasteiger partial charge in [-0.05, 0) is 37.4 Å². The van der Waals surface area contributed by atoms with E-state index in [9.17, 15) is 10.1 Å². The Morgan fingerprint density at radius 3 is 2.79 bits per heavy atom. The molecule has 3 heterocycles. The van der Waals surface area contributed by atoms with Crippen molar-refractivity contribution in [1.29, 1.82) is 5.26 Å². The van der Waals surface area contributed by atoms with Gasteiger partial charge in [0.15, 0.2) is 0 Å². The van der Waals surface area contributed by atoms with Crippen LogP contribution in [0, 0.1) is 11.3 Å². The Bertz CT molecular complexity index is 1620. The van der Waals surface area contributed by atoms with Crippen molar-refractivity contribution in [3.63, 3.8) is 0 Å². The summed E-state index contributed by atoms with van der Waals surface area (Å²) in [5, 5.41) is 20.2. The van der Waals surface area contributed by atoms with E-state index in [1.54, 1.807) is 25.4 Å². The summed E-state index contributed by atoms with van der Waals surface area (Å²) in [6.45, 7) is 1.48. The van der Waals surface area contributed by atoms with Crippen LogP contribution >= 0.6 is 0 Å². The van der Waals surface area contributed by atoms with Gasteiger partial charge in [0.1, 0.15) is 11.8 Å². The molecule has 0 saturated carbocycles. The number of ether oxygens (including phenoxy) is 1. The number of rotatable bonds is 5. The van der Waals surface area contributed by atoms with Crippen LogP contribution in [0.15, 0.2) is 48.8 Å². The molecule has 1 aliphatic rings. The molecule has 10 heteroatoms. The molecule has 10 nitrogen and oxygen atoms in total. The number of benzene rings is 2. The van der Waals surface area contributed by atoms with Crippen LogP contribution in [0.25, 0.3) is 28.2 Å². The van der Waals surface area contributed by atoms with Gasteiger partial charge in [0.05, 0.1) is 40.9 Å². The molecular weight excluding hydrogens is 480 g/mol. The van der Waals surface area contributed by atoms with E-state index in [2.05, 4.69) is 27.0 Å². The molecule has 2 aromatic heterocycles.